The van der Waals surface area contributed by atoms with Crippen molar-refractivity contribution in [3.05, 3.63) is 37.1 Å². The molecule has 20 heavy (non-hydrogen) atoms. The van der Waals surface area contributed by atoms with E-state index in [2.05, 4.69) is 35.6 Å². The SMILES string of the molecule is C=CCN(CC=C)S(=O)(=O)c1[nH]ncc1CNCCC. The molecule has 0 saturated carbocycles. The molecule has 0 aromatic carbocycles. The van der Waals surface area contributed by atoms with Gasteiger partial charge in [0.2, 0.25) is 0 Å². The second kappa shape index (κ2) is 7.98. The summed E-state index contributed by atoms with van der Waals surface area (Å²) in [4.78, 5) is 0. The van der Waals surface area contributed by atoms with Gasteiger partial charge in [-0.2, -0.15) is 9.40 Å². The van der Waals surface area contributed by atoms with Crippen molar-refractivity contribution in [2.45, 2.75) is 24.9 Å². The normalized spacial score (nSPS) is 11.7. The Morgan fingerprint density at radius 2 is 2.05 bits per heavy atom. The van der Waals surface area contributed by atoms with Crippen LogP contribution in [-0.2, 0) is 16.6 Å². The Morgan fingerprint density at radius 1 is 1.40 bits per heavy atom. The quantitative estimate of drug-likeness (QED) is 0.504. The maximum absolute atomic E-state index is 12.6. The molecule has 1 rings (SSSR count). The molecule has 0 radical (unpaired) electrons. The van der Waals surface area contributed by atoms with Gasteiger partial charge < -0.3 is 5.32 Å². The van der Waals surface area contributed by atoms with Crippen molar-refractivity contribution in [1.29, 1.82) is 0 Å². The number of H-pyrrole nitrogens is 1. The van der Waals surface area contributed by atoms with Crippen molar-refractivity contribution in [3.63, 3.8) is 0 Å². The van der Waals surface area contributed by atoms with Crippen molar-refractivity contribution in [2.24, 2.45) is 0 Å². The first-order chi connectivity index (χ1) is 9.57. The molecule has 0 aliphatic heterocycles. The summed E-state index contributed by atoms with van der Waals surface area (Å²) in [5.74, 6) is 0. The molecule has 0 spiro atoms. The highest BCUT2D eigenvalue weighted by Gasteiger charge is 2.26. The largest absolute Gasteiger partial charge is 0.313 e. The van der Waals surface area contributed by atoms with E-state index in [0.717, 1.165) is 13.0 Å². The number of rotatable bonds is 10. The fraction of sp³-hybridized carbons (Fsp3) is 0.462. The predicted molar refractivity (Wildman–Crippen MR) is 79.7 cm³/mol. The van der Waals surface area contributed by atoms with E-state index in [1.807, 2.05) is 0 Å². The summed E-state index contributed by atoms with van der Waals surface area (Å²) < 4.78 is 26.4. The molecule has 0 atom stereocenters. The monoisotopic (exact) mass is 298 g/mol. The first kappa shape index (κ1) is 16.6. The van der Waals surface area contributed by atoms with Crippen LogP contribution in [0.2, 0.25) is 0 Å². The molecule has 1 aromatic rings. The lowest BCUT2D eigenvalue weighted by molar-refractivity contribution is 0.469. The van der Waals surface area contributed by atoms with Gasteiger partial charge in [0.05, 0.1) is 6.20 Å². The molecule has 0 fully saturated rings. The number of aromatic amines is 1. The van der Waals surface area contributed by atoms with E-state index >= 15 is 0 Å². The van der Waals surface area contributed by atoms with Gasteiger partial charge in [-0.1, -0.05) is 19.1 Å². The predicted octanol–water partition coefficient (Wildman–Crippen LogP) is 1.27. The summed E-state index contributed by atoms with van der Waals surface area (Å²) in [6.45, 7) is 11.0. The number of sulfonamides is 1. The number of nitrogens with zero attached hydrogens (tertiary/aromatic N) is 2. The summed E-state index contributed by atoms with van der Waals surface area (Å²) >= 11 is 0. The molecule has 1 heterocycles. The highest BCUT2D eigenvalue weighted by molar-refractivity contribution is 7.89. The summed E-state index contributed by atoms with van der Waals surface area (Å²) in [5.41, 5.74) is 0.636. The third-order valence-electron chi connectivity index (χ3n) is 2.68. The number of hydrogen-bond donors (Lipinski definition) is 2. The molecule has 0 saturated heterocycles. The molecular formula is C13H22N4O2S. The third kappa shape index (κ3) is 4.03. The van der Waals surface area contributed by atoms with Gasteiger partial charge in [0.1, 0.15) is 0 Å². The Labute approximate surface area is 120 Å². The summed E-state index contributed by atoms with van der Waals surface area (Å²) in [6.07, 6.45) is 5.62. The van der Waals surface area contributed by atoms with E-state index in [9.17, 15) is 8.42 Å². The van der Waals surface area contributed by atoms with Crippen molar-refractivity contribution >= 4 is 10.0 Å². The van der Waals surface area contributed by atoms with E-state index in [0.29, 0.717) is 12.1 Å². The lowest BCUT2D eigenvalue weighted by atomic mass is 10.3. The zero-order chi connectivity index (χ0) is 15.0. The molecule has 7 heteroatoms. The highest BCUT2D eigenvalue weighted by atomic mass is 32.2. The zero-order valence-electron chi connectivity index (χ0n) is 11.8. The average molecular weight is 298 g/mol. The minimum atomic E-state index is -3.62. The van der Waals surface area contributed by atoms with Crippen LogP contribution in [-0.4, -0.2) is 42.6 Å². The molecule has 6 nitrogen and oxygen atoms in total. The van der Waals surface area contributed by atoms with Crippen LogP contribution >= 0.6 is 0 Å². The van der Waals surface area contributed by atoms with Gasteiger partial charge in [-0.25, -0.2) is 8.42 Å². The fourth-order valence-corrected chi connectivity index (χ4v) is 3.22. The number of aromatic nitrogens is 2. The Hall–Kier alpha value is -1.44. The second-order valence-electron chi connectivity index (χ2n) is 4.30. The van der Waals surface area contributed by atoms with E-state index < -0.39 is 10.0 Å². The zero-order valence-corrected chi connectivity index (χ0v) is 12.6. The van der Waals surface area contributed by atoms with Crippen LogP contribution in [0.3, 0.4) is 0 Å². The number of nitrogens with one attached hydrogen (secondary N) is 2. The van der Waals surface area contributed by atoms with Crippen molar-refractivity contribution < 1.29 is 8.42 Å². The molecule has 0 unspecified atom stereocenters. The van der Waals surface area contributed by atoms with Crippen molar-refractivity contribution in [3.8, 4) is 0 Å². The van der Waals surface area contributed by atoms with Gasteiger partial charge in [0, 0.05) is 25.2 Å². The first-order valence-corrected chi connectivity index (χ1v) is 7.96. The fourth-order valence-electron chi connectivity index (χ4n) is 1.74. The lowest BCUT2D eigenvalue weighted by Crippen LogP contribution is -2.32. The van der Waals surface area contributed by atoms with Crippen LogP contribution in [0.25, 0.3) is 0 Å². The van der Waals surface area contributed by atoms with Crippen LogP contribution < -0.4 is 5.32 Å². The molecular weight excluding hydrogens is 276 g/mol. The molecule has 2 N–H and O–H groups in total. The van der Waals surface area contributed by atoms with E-state index in [1.165, 1.54) is 10.5 Å². The third-order valence-corrected chi connectivity index (χ3v) is 4.53. The molecule has 0 aliphatic rings. The van der Waals surface area contributed by atoms with Crippen LogP contribution in [0.4, 0.5) is 0 Å². The Kier molecular flexibility index (Phi) is 6.63. The molecule has 0 amide bonds. The Morgan fingerprint density at radius 3 is 2.60 bits per heavy atom. The summed E-state index contributed by atoms with van der Waals surface area (Å²) in [7, 11) is -3.62. The standard InChI is InChI=1S/C13H22N4O2S/c1-4-7-14-10-12-11-15-16-13(12)20(18,19)17(8-5-2)9-6-3/h5-6,11,14H,2-4,7-10H2,1H3,(H,15,16). The molecule has 1 aromatic heterocycles. The molecule has 112 valence electrons. The summed E-state index contributed by atoms with van der Waals surface area (Å²) in [5, 5.41) is 9.73. The topological polar surface area (TPSA) is 78.1 Å². The minimum Gasteiger partial charge on any atom is -0.313 e. The minimum absolute atomic E-state index is 0.129. The van der Waals surface area contributed by atoms with E-state index in [-0.39, 0.29) is 18.1 Å². The molecule has 0 aliphatic carbocycles. The van der Waals surface area contributed by atoms with Gasteiger partial charge in [0.15, 0.2) is 5.03 Å². The Bertz CT molecular complexity index is 526. The first-order valence-electron chi connectivity index (χ1n) is 6.52. The van der Waals surface area contributed by atoms with Gasteiger partial charge in [-0.15, -0.1) is 13.2 Å². The average Bonchev–Trinajstić information content (AvgIpc) is 2.88. The summed E-state index contributed by atoms with van der Waals surface area (Å²) in [6, 6.07) is 0. The van der Waals surface area contributed by atoms with E-state index in [1.54, 1.807) is 12.2 Å². The van der Waals surface area contributed by atoms with E-state index in [4.69, 9.17) is 0 Å². The maximum atomic E-state index is 12.6. The van der Waals surface area contributed by atoms with Crippen molar-refractivity contribution in [2.75, 3.05) is 19.6 Å². The van der Waals surface area contributed by atoms with Crippen molar-refractivity contribution in [1.82, 2.24) is 19.8 Å². The molecule has 0 bridgehead atoms. The maximum Gasteiger partial charge on any atom is 0.260 e. The Balaban J connectivity index is 2.98. The number of hydrogen-bond acceptors (Lipinski definition) is 4. The smallest absolute Gasteiger partial charge is 0.260 e. The van der Waals surface area contributed by atoms with Crippen LogP contribution in [0, 0.1) is 0 Å². The van der Waals surface area contributed by atoms with Gasteiger partial charge in [0.25, 0.3) is 10.0 Å². The van der Waals surface area contributed by atoms with Crippen LogP contribution in [0.15, 0.2) is 36.5 Å². The van der Waals surface area contributed by atoms with Gasteiger partial charge in [-0.3, -0.25) is 5.10 Å². The van der Waals surface area contributed by atoms with Crippen LogP contribution in [0.1, 0.15) is 18.9 Å². The highest BCUT2D eigenvalue weighted by Crippen LogP contribution is 2.17. The van der Waals surface area contributed by atoms with Gasteiger partial charge in [-0.05, 0) is 13.0 Å². The van der Waals surface area contributed by atoms with Gasteiger partial charge >= 0.3 is 0 Å². The second-order valence-corrected chi connectivity index (χ2v) is 6.18. The van der Waals surface area contributed by atoms with Crippen LogP contribution in [0.5, 0.6) is 0 Å². The lowest BCUT2D eigenvalue weighted by Gasteiger charge is -2.18.